The van der Waals surface area contributed by atoms with Crippen molar-refractivity contribution in [3.05, 3.63) is 128 Å². The van der Waals surface area contributed by atoms with Crippen LogP contribution in [0.4, 0.5) is 15.8 Å². The van der Waals surface area contributed by atoms with Crippen LogP contribution in [0.2, 0.25) is 10.0 Å². The van der Waals surface area contributed by atoms with Crippen LogP contribution in [0.25, 0.3) is 0 Å². The number of anilines is 2. The molecule has 2 saturated heterocycles. The average Bonchev–Trinajstić information content (AvgIpc) is 3.52. The summed E-state index contributed by atoms with van der Waals surface area (Å²) in [4.78, 5) is 60.0. The molecule has 4 aromatic rings. The van der Waals surface area contributed by atoms with Gasteiger partial charge in [-0.05, 0) is 119 Å². The number of amides is 4. The molecular weight excluding hydrogens is 788 g/mol. The van der Waals surface area contributed by atoms with E-state index in [9.17, 15) is 23.9 Å². The van der Waals surface area contributed by atoms with Gasteiger partial charge in [-0.3, -0.25) is 24.6 Å². The van der Waals surface area contributed by atoms with Crippen LogP contribution in [0.3, 0.4) is 0 Å². The second-order valence-corrected chi connectivity index (χ2v) is 15.6. The number of hydrogen-bond acceptors (Lipinski definition) is 7. The molecule has 9 nitrogen and oxygen atoms in total. The summed E-state index contributed by atoms with van der Waals surface area (Å²) >= 11 is 16.3. The van der Waals surface area contributed by atoms with Crippen LogP contribution in [0.1, 0.15) is 35.4 Å². The molecule has 0 aromatic heterocycles. The van der Waals surface area contributed by atoms with Gasteiger partial charge in [-0.2, -0.15) is 5.01 Å². The van der Waals surface area contributed by atoms with Gasteiger partial charge in [-0.1, -0.05) is 53.1 Å². The molecule has 1 saturated carbocycles. The number of methoxy groups -OCH3 is 1. The van der Waals surface area contributed by atoms with Gasteiger partial charge in [0.25, 0.3) is 11.8 Å². The average molecular weight is 820 g/mol. The van der Waals surface area contributed by atoms with Crippen LogP contribution in [-0.2, 0) is 24.6 Å². The van der Waals surface area contributed by atoms with Gasteiger partial charge >= 0.3 is 0 Å². The molecule has 2 aliphatic heterocycles. The number of phenols is 1. The summed E-state index contributed by atoms with van der Waals surface area (Å²) in [5, 5.41) is 12.7. The van der Waals surface area contributed by atoms with Crippen molar-refractivity contribution in [2.75, 3.05) is 17.4 Å². The number of hydrazine groups is 1. The molecule has 53 heavy (non-hydrogen) atoms. The summed E-state index contributed by atoms with van der Waals surface area (Å²) in [7, 11) is 1.41. The number of carbonyl (C=O) groups is 4. The van der Waals surface area contributed by atoms with Crippen molar-refractivity contribution in [2.45, 2.75) is 31.1 Å². The molecule has 0 bridgehead atoms. The van der Waals surface area contributed by atoms with E-state index in [0.717, 1.165) is 10.6 Å². The fraction of sp³-hybridized carbons (Fsp3) is 0.250. The second kappa shape index (κ2) is 13.0. The minimum absolute atomic E-state index is 0.0657. The van der Waals surface area contributed by atoms with Crippen LogP contribution in [0.15, 0.2) is 95.0 Å². The number of allylic oxidation sites excluding steroid dienone is 2. The van der Waals surface area contributed by atoms with Crippen molar-refractivity contribution in [2.24, 2.45) is 23.7 Å². The fourth-order valence-electron chi connectivity index (χ4n) is 8.92. The fourth-order valence-corrected chi connectivity index (χ4v) is 9.68. The van der Waals surface area contributed by atoms with Crippen LogP contribution in [0.5, 0.6) is 11.5 Å². The molecule has 2 aliphatic carbocycles. The normalized spacial score (nSPS) is 26.3. The molecule has 4 amide bonds. The largest absolute Gasteiger partial charge is 0.503 e. The predicted molar refractivity (Wildman–Crippen MR) is 200 cm³/mol. The highest BCUT2D eigenvalue weighted by Gasteiger charge is 2.70. The Morgan fingerprint density at radius 2 is 1.64 bits per heavy atom. The summed E-state index contributed by atoms with van der Waals surface area (Å²) in [6, 6.07) is 20.4. The first-order valence-electron chi connectivity index (χ1n) is 16.9. The molecule has 2 N–H and O–H groups in total. The van der Waals surface area contributed by atoms with Crippen molar-refractivity contribution in [1.29, 1.82) is 0 Å². The lowest BCUT2D eigenvalue weighted by Gasteiger charge is -2.50. The van der Waals surface area contributed by atoms with Gasteiger partial charge in [0.15, 0.2) is 11.5 Å². The molecule has 8 rings (SSSR count). The number of benzene rings is 4. The van der Waals surface area contributed by atoms with Gasteiger partial charge < -0.3 is 9.84 Å². The molecule has 0 radical (unpaired) electrons. The number of imide groups is 2. The van der Waals surface area contributed by atoms with Gasteiger partial charge in [0.05, 0.1) is 46.1 Å². The van der Waals surface area contributed by atoms with Crippen molar-refractivity contribution in [3.63, 3.8) is 0 Å². The third-order valence-electron chi connectivity index (χ3n) is 11.3. The number of aromatic hydroxyl groups is 1. The monoisotopic (exact) mass is 817 g/mol. The summed E-state index contributed by atoms with van der Waals surface area (Å²) in [6.45, 7) is 1.83. The summed E-state index contributed by atoms with van der Waals surface area (Å²) in [6.07, 6.45) is 2.21. The zero-order valence-corrected chi connectivity index (χ0v) is 31.4. The molecule has 0 unspecified atom stereocenters. The Labute approximate surface area is 322 Å². The number of hydrogen-bond donors (Lipinski definition) is 2. The van der Waals surface area contributed by atoms with Crippen LogP contribution >= 0.6 is 39.1 Å². The first-order valence-corrected chi connectivity index (χ1v) is 18.5. The molecular formula is C40H31BrCl2FN3O6. The number of fused-ring (bicyclic) bond motifs is 4. The highest BCUT2D eigenvalue weighted by atomic mass is 79.9. The van der Waals surface area contributed by atoms with E-state index in [1.165, 1.54) is 36.3 Å². The molecule has 3 fully saturated rings. The number of ether oxygens (including phenoxy) is 1. The van der Waals surface area contributed by atoms with Crippen molar-refractivity contribution >= 4 is 74.1 Å². The lowest BCUT2D eigenvalue weighted by atomic mass is 9.49. The minimum Gasteiger partial charge on any atom is -0.503 e. The first-order chi connectivity index (χ1) is 25.4. The maximum absolute atomic E-state index is 15.3. The Hall–Kier alpha value is -4.71. The van der Waals surface area contributed by atoms with E-state index in [4.69, 9.17) is 27.9 Å². The number of nitrogens with one attached hydrogen (secondary N) is 1. The quantitative estimate of drug-likeness (QED) is 0.149. The lowest BCUT2D eigenvalue weighted by molar-refractivity contribution is -0.138. The third kappa shape index (κ3) is 5.30. The number of carbonyl (C=O) groups excluding carboxylic acids is 4. The summed E-state index contributed by atoms with van der Waals surface area (Å²) < 4.78 is 19.7. The van der Waals surface area contributed by atoms with Gasteiger partial charge in [-0.15, -0.1) is 0 Å². The maximum Gasteiger partial charge on any atom is 0.260 e. The molecule has 0 spiro atoms. The second-order valence-electron chi connectivity index (χ2n) is 13.9. The molecule has 270 valence electrons. The SMILES string of the molecule is COc1cc([C@H]2C3=CC[C@@H]4C(=O)N(c5ccc(C)c(Cl)c5)C(=O)[C@@H]4[C@@H]3C[C@H]3C(=O)N(Nc4ccc(F)cc4)C(=O)[C@@]23c2ccc(Cl)cc2)cc(Br)c1O. The predicted octanol–water partition coefficient (Wildman–Crippen LogP) is 8.11. The molecule has 4 aliphatic rings. The topological polar surface area (TPSA) is 116 Å². The standard InChI is InChI=1S/C40H31BrCl2FN3O6/c1-19-3-12-25(17-31(19)43)46-36(49)27-14-13-26-28(33(27)38(46)51)18-29-37(50)47(45-24-10-8-23(44)9-11-24)39(52)40(29,21-4-6-22(42)7-5-21)34(26)20-15-30(41)35(48)32(16-20)53-2/h3-13,15-17,27-29,33-34,45,48H,14,18H2,1-2H3/t27-,28+,29-,33-,34-,40+/m0/s1. The number of halogens is 4. The minimum atomic E-state index is -1.60. The van der Waals surface area contributed by atoms with Crippen molar-refractivity contribution in [3.8, 4) is 11.5 Å². The number of aryl methyl sites for hydroxylation is 1. The molecule has 13 heteroatoms. The number of nitrogens with zero attached hydrogens (tertiary/aromatic N) is 2. The maximum atomic E-state index is 15.3. The van der Waals surface area contributed by atoms with E-state index in [0.29, 0.717) is 42.6 Å². The van der Waals surface area contributed by atoms with E-state index in [-0.39, 0.29) is 30.2 Å². The molecule has 6 atom stereocenters. The summed E-state index contributed by atoms with van der Waals surface area (Å²) in [5.74, 6) is -6.51. The van der Waals surface area contributed by atoms with Gasteiger partial charge in [0, 0.05) is 16.0 Å². The van der Waals surface area contributed by atoms with Crippen LogP contribution < -0.4 is 15.1 Å². The first kappa shape index (κ1) is 35.3. The third-order valence-corrected chi connectivity index (χ3v) is 12.5. The molecule has 2 heterocycles. The lowest BCUT2D eigenvalue weighted by Crippen LogP contribution is -2.53. The van der Waals surface area contributed by atoms with Crippen molar-refractivity contribution < 1.29 is 33.4 Å². The Bertz CT molecular complexity index is 2270. The Balaban J connectivity index is 1.34. The van der Waals surface area contributed by atoms with E-state index in [2.05, 4.69) is 21.4 Å². The van der Waals surface area contributed by atoms with E-state index < -0.39 is 58.5 Å². The van der Waals surface area contributed by atoms with Crippen LogP contribution in [0, 0.1) is 36.4 Å². The van der Waals surface area contributed by atoms with Crippen LogP contribution in [-0.4, -0.2) is 40.9 Å². The van der Waals surface area contributed by atoms with Gasteiger partial charge in [0.1, 0.15) is 5.82 Å². The van der Waals surface area contributed by atoms with E-state index in [1.54, 1.807) is 54.6 Å². The van der Waals surface area contributed by atoms with Crippen molar-refractivity contribution in [1.82, 2.24) is 5.01 Å². The highest BCUT2D eigenvalue weighted by molar-refractivity contribution is 9.10. The number of rotatable bonds is 6. The Morgan fingerprint density at radius 1 is 0.925 bits per heavy atom. The van der Waals surface area contributed by atoms with E-state index in [1.807, 2.05) is 13.0 Å². The summed E-state index contributed by atoms with van der Waals surface area (Å²) in [5.41, 5.74) is 4.56. The zero-order chi connectivity index (χ0) is 37.5. The molecule has 4 aromatic carbocycles. The smallest absolute Gasteiger partial charge is 0.260 e. The Morgan fingerprint density at radius 3 is 2.32 bits per heavy atom. The van der Waals surface area contributed by atoms with Gasteiger partial charge in [0.2, 0.25) is 11.8 Å². The zero-order valence-electron chi connectivity index (χ0n) is 28.3. The van der Waals surface area contributed by atoms with E-state index >= 15 is 4.79 Å². The Kier molecular flexibility index (Phi) is 8.66. The number of phenolic OH excluding ortho intramolecular Hbond substituents is 1. The van der Waals surface area contributed by atoms with Gasteiger partial charge in [-0.25, -0.2) is 9.29 Å². The highest BCUT2D eigenvalue weighted by Crippen LogP contribution is 2.65.